The van der Waals surface area contributed by atoms with E-state index in [4.69, 9.17) is 16.2 Å². The van der Waals surface area contributed by atoms with Gasteiger partial charge in [0, 0.05) is 26.1 Å². The molecule has 5 amide bonds. The fraction of sp³-hybridized carbons (Fsp3) is 0.854. The number of hydrogen-bond acceptors (Lipinski definition) is 10. The van der Waals surface area contributed by atoms with E-state index < -0.39 is 65.9 Å². The van der Waals surface area contributed by atoms with Gasteiger partial charge in [-0.3, -0.25) is 28.8 Å². The molecule has 2 bridgehead atoms. The summed E-state index contributed by atoms with van der Waals surface area (Å²) in [5.41, 5.74) is 11.9. The largest absolute Gasteiger partial charge is 0.392 e. The van der Waals surface area contributed by atoms with Crippen LogP contribution in [0.2, 0.25) is 0 Å². The highest BCUT2D eigenvalue weighted by atomic mass is 16.5. The Labute approximate surface area is 332 Å². The molecule has 15 heteroatoms. The normalized spacial score (nSPS) is 29.1. The van der Waals surface area contributed by atoms with Crippen LogP contribution in [-0.4, -0.2) is 114 Å². The average Bonchev–Trinajstić information content (AvgIpc) is 3.59. The van der Waals surface area contributed by atoms with Gasteiger partial charge in [0.1, 0.15) is 24.2 Å². The van der Waals surface area contributed by atoms with Crippen LogP contribution in [0.1, 0.15) is 123 Å². The van der Waals surface area contributed by atoms with Crippen molar-refractivity contribution >= 4 is 35.3 Å². The maximum Gasteiger partial charge on any atom is 0.245 e. The van der Waals surface area contributed by atoms with Crippen LogP contribution < -0.4 is 32.7 Å². The van der Waals surface area contributed by atoms with Crippen molar-refractivity contribution in [2.75, 3.05) is 20.2 Å². The summed E-state index contributed by atoms with van der Waals surface area (Å²) in [4.78, 5) is 81.8. The van der Waals surface area contributed by atoms with Gasteiger partial charge in [0.05, 0.1) is 30.8 Å². The van der Waals surface area contributed by atoms with E-state index in [0.717, 1.165) is 43.9 Å². The fourth-order valence-electron chi connectivity index (χ4n) is 9.54. The van der Waals surface area contributed by atoms with Crippen molar-refractivity contribution in [2.45, 2.75) is 171 Å². The van der Waals surface area contributed by atoms with E-state index in [2.05, 4.69) is 21.3 Å². The predicted molar refractivity (Wildman–Crippen MR) is 209 cm³/mol. The van der Waals surface area contributed by atoms with Crippen molar-refractivity contribution in [3.63, 3.8) is 0 Å². The average molecular weight is 788 g/mol. The summed E-state index contributed by atoms with van der Waals surface area (Å²) in [6.45, 7) is 3.21. The number of ketones is 1. The Balaban J connectivity index is 1.22. The molecular formula is C41H69N7O8. The number of Topliss-reactive ketones (excluding diaryl/α,β-unsaturated/α-hetero) is 1. The van der Waals surface area contributed by atoms with E-state index >= 15 is 0 Å². The molecule has 10 atom stereocenters. The van der Waals surface area contributed by atoms with Gasteiger partial charge in [0.25, 0.3) is 0 Å². The molecule has 0 saturated heterocycles. The number of ether oxygens (including phenoxy) is 1. The van der Waals surface area contributed by atoms with E-state index in [9.17, 15) is 33.9 Å². The second kappa shape index (κ2) is 20.5. The second-order valence-electron chi connectivity index (χ2n) is 17.6. The lowest BCUT2D eigenvalue weighted by Gasteiger charge is -2.34. The number of fused-ring (bicyclic) bond motifs is 2. The molecule has 9 N–H and O–H groups in total. The number of likely N-dealkylation sites (N-methyl/N-ethyl adjacent to an activating group) is 1. The molecule has 5 aliphatic rings. The van der Waals surface area contributed by atoms with Crippen LogP contribution in [-0.2, 0) is 33.5 Å². The van der Waals surface area contributed by atoms with Crippen molar-refractivity contribution in [1.82, 2.24) is 26.2 Å². The monoisotopic (exact) mass is 788 g/mol. The van der Waals surface area contributed by atoms with Gasteiger partial charge in [-0.1, -0.05) is 52.4 Å². The lowest BCUT2D eigenvalue weighted by molar-refractivity contribution is -0.145. The number of amides is 5. The summed E-state index contributed by atoms with van der Waals surface area (Å²) in [7, 11) is 1.59. The minimum absolute atomic E-state index is 0.0188. The highest BCUT2D eigenvalue weighted by molar-refractivity contribution is 6.04. The molecular weight excluding hydrogens is 718 g/mol. The topological polar surface area (TPSA) is 235 Å². The zero-order chi connectivity index (χ0) is 40.5. The minimum atomic E-state index is -1.24. The van der Waals surface area contributed by atoms with E-state index in [1.165, 1.54) is 30.6 Å². The van der Waals surface area contributed by atoms with Crippen LogP contribution >= 0.6 is 0 Å². The van der Waals surface area contributed by atoms with Gasteiger partial charge in [-0.05, 0) is 87.9 Å². The molecule has 5 fully saturated rings. The molecule has 0 aromatic rings. The minimum Gasteiger partial charge on any atom is -0.392 e. The molecule has 5 rings (SSSR count). The number of aliphatic hydroxyl groups excluding tert-OH is 1. The highest BCUT2D eigenvalue weighted by Gasteiger charge is 2.42. The first-order valence-electron chi connectivity index (χ1n) is 21.6. The lowest BCUT2D eigenvalue weighted by Crippen LogP contribution is -2.62. The van der Waals surface area contributed by atoms with E-state index in [1.807, 2.05) is 6.92 Å². The second-order valence-corrected chi connectivity index (χ2v) is 17.6. The number of rotatable bonds is 21. The molecule has 0 spiro atoms. The van der Waals surface area contributed by atoms with Gasteiger partial charge >= 0.3 is 0 Å². The third-order valence-electron chi connectivity index (χ3n) is 13.4. The molecule has 0 heterocycles. The number of aliphatic hydroxyl groups is 1. The summed E-state index contributed by atoms with van der Waals surface area (Å²) in [6.07, 6.45) is 13.2. The van der Waals surface area contributed by atoms with Gasteiger partial charge in [-0.25, -0.2) is 0 Å². The summed E-state index contributed by atoms with van der Waals surface area (Å²) in [5, 5.41) is 22.1. The van der Waals surface area contributed by atoms with Crippen LogP contribution in [0, 0.1) is 29.6 Å². The molecule has 0 radical (unpaired) electrons. The van der Waals surface area contributed by atoms with Gasteiger partial charge in [-0.2, -0.15) is 0 Å². The molecule has 0 aromatic carbocycles. The van der Waals surface area contributed by atoms with E-state index in [0.29, 0.717) is 50.9 Å². The number of carbonyl (C=O) groups is 6. The predicted octanol–water partition coefficient (Wildman–Crippen LogP) is 1.17. The zero-order valence-corrected chi connectivity index (χ0v) is 33.8. The standard InChI is InChI=1S/C41H69N7O8/c1-4-9-33(48(3)41(55)23(2)34(49)15-14-27-17-24-12-13-26(27)16-24)39(53)47-36(25-10-7-5-6-8-11-25)40(54)45-31(21-42)37(51)46-32(22-56-29-18-28(43)19-29)38(52)44-30-20-35(30)50/h23-34,36,49H,4-22,42-43H2,1-3H3,(H,44,52)(H,45,54)(H,46,51)(H,47,53)/t23-,24?,26?,27?,28-,29-,30?,31+,32+,33+,34-,36+/m1/s1. The van der Waals surface area contributed by atoms with Crippen LogP contribution in [0.3, 0.4) is 0 Å². The van der Waals surface area contributed by atoms with Gasteiger partial charge < -0.3 is 47.5 Å². The van der Waals surface area contributed by atoms with Crippen molar-refractivity contribution < 1.29 is 38.6 Å². The summed E-state index contributed by atoms with van der Waals surface area (Å²) in [6, 6.07) is -4.82. The highest BCUT2D eigenvalue weighted by Crippen LogP contribution is 2.50. The first-order valence-corrected chi connectivity index (χ1v) is 21.6. The Hall–Kier alpha value is -3.14. The smallest absolute Gasteiger partial charge is 0.245 e. The molecule has 0 aromatic heterocycles. The zero-order valence-electron chi connectivity index (χ0n) is 33.8. The molecule has 316 valence electrons. The van der Waals surface area contributed by atoms with Crippen LogP contribution in [0.15, 0.2) is 0 Å². The quantitative estimate of drug-likeness (QED) is 0.0821. The van der Waals surface area contributed by atoms with Crippen molar-refractivity contribution in [2.24, 2.45) is 41.1 Å². The lowest BCUT2D eigenvalue weighted by atomic mass is 9.83. The molecule has 15 nitrogen and oxygen atoms in total. The summed E-state index contributed by atoms with van der Waals surface area (Å²) in [5.74, 6) is -1.47. The number of nitrogens with two attached hydrogens (primary N) is 2. The molecule has 56 heavy (non-hydrogen) atoms. The molecule has 0 aliphatic heterocycles. The Kier molecular flexibility index (Phi) is 16.1. The Bertz CT molecular complexity index is 1390. The fourth-order valence-corrected chi connectivity index (χ4v) is 9.54. The summed E-state index contributed by atoms with van der Waals surface area (Å²) < 4.78 is 5.83. The van der Waals surface area contributed by atoms with Crippen LogP contribution in [0.5, 0.6) is 0 Å². The molecule has 5 aliphatic carbocycles. The van der Waals surface area contributed by atoms with Crippen molar-refractivity contribution in [3.05, 3.63) is 0 Å². The van der Waals surface area contributed by atoms with Crippen molar-refractivity contribution in [1.29, 1.82) is 0 Å². The molecule has 5 saturated carbocycles. The maximum atomic E-state index is 14.1. The van der Waals surface area contributed by atoms with Gasteiger partial charge in [0.2, 0.25) is 29.5 Å². The third kappa shape index (κ3) is 11.7. The number of carbonyl (C=O) groups excluding carboxylic acids is 6. The van der Waals surface area contributed by atoms with Crippen molar-refractivity contribution in [3.8, 4) is 0 Å². The van der Waals surface area contributed by atoms with Crippen LogP contribution in [0.25, 0.3) is 0 Å². The third-order valence-corrected chi connectivity index (χ3v) is 13.4. The first kappa shape index (κ1) is 44.0. The summed E-state index contributed by atoms with van der Waals surface area (Å²) >= 11 is 0. The molecule has 4 unspecified atom stereocenters. The number of nitrogens with one attached hydrogen (secondary N) is 4. The van der Waals surface area contributed by atoms with Crippen LogP contribution in [0.4, 0.5) is 0 Å². The number of nitrogens with zero attached hydrogens (tertiary/aromatic N) is 1. The van der Waals surface area contributed by atoms with Gasteiger partial charge in [0.15, 0.2) is 5.78 Å². The Morgan fingerprint density at radius 1 is 0.875 bits per heavy atom. The Morgan fingerprint density at radius 3 is 2.12 bits per heavy atom. The SMILES string of the molecule is CCC[C@@H](C(=O)N[C@H](C(=O)N[C@@H](CN)C(=O)N[C@@H](CO[C@H]1C[C@H](N)C1)C(=O)NC1CC1=O)C1CCCCCC1)N(C)C(=O)[C@H](C)[C@H](O)CCC1CC2CCC1C2. The van der Waals surface area contributed by atoms with E-state index in [-0.39, 0.29) is 49.3 Å². The Morgan fingerprint density at radius 2 is 1.55 bits per heavy atom. The number of hydrogen-bond donors (Lipinski definition) is 7. The van der Waals surface area contributed by atoms with E-state index in [1.54, 1.807) is 14.0 Å². The van der Waals surface area contributed by atoms with Gasteiger partial charge in [-0.15, -0.1) is 0 Å². The maximum absolute atomic E-state index is 14.1. The first-order chi connectivity index (χ1) is 26.8.